The van der Waals surface area contributed by atoms with Crippen LogP contribution in [0.15, 0.2) is 36.7 Å². The Hall–Kier alpha value is -1.85. The second-order valence-electron chi connectivity index (χ2n) is 6.83. The van der Waals surface area contributed by atoms with Gasteiger partial charge >= 0.3 is 0 Å². The lowest BCUT2D eigenvalue weighted by atomic mass is 9.87. The standard InChI is InChI=1S/C18H26N4O.ClH/c1-18(2,3)15-8-6-13(7-9-15)10-20-17(23)16(19-4)14-11-21-22(5)12-14;/h6-9,11-12,16,19H,10H2,1-5H3,(H,20,23);1H. The number of carbonyl (C=O) groups is 1. The van der Waals surface area contributed by atoms with Crippen LogP contribution in [0, 0.1) is 0 Å². The molecule has 0 saturated carbocycles. The molecule has 1 amide bonds. The first-order chi connectivity index (χ1) is 10.8. The lowest BCUT2D eigenvalue weighted by molar-refractivity contribution is -0.123. The first-order valence-electron chi connectivity index (χ1n) is 7.84. The molecule has 1 aromatic heterocycles. The summed E-state index contributed by atoms with van der Waals surface area (Å²) >= 11 is 0. The second kappa shape index (κ2) is 8.31. The summed E-state index contributed by atoms with van der Waals surface area (Å²) in [5.74, 6) is -0.0552. The molecular weight excluding hydrogens is 324 g/mol. The molecule has 1 heterocycles. The number of nitrogens with one attached hydrogen (secondary N) is 2. The number of aryl methyl sites for hydroxylation is 1. The maximum atomic E-state index is 12.4. The Morgan fingerprint density at radius 1 is 1.25 bits per heavy atom. The first-order valence-corrected chi connectivity index (χ1v) is 7.84. The van der Waals surface area contributed by atoms with Crippen LogP contribution in [0.5, 0.6) is 0 Å². The number of benzene rings is 1. The molecule has 0 fully saturated rings. The predicted octanol–water partition coefficient (Wildman–Crippen LogP) is 2.72. The summed E-state index contributed by atoms with van der Waals surface area (Å²) < 4.78 is 1.69. The summed E-state index contributed by atoms with van der Waals surface area (Å²) in [6.45, 7) is 7.08. The molecule has 24 heavy (non-hydrogen) atoms. The van der Waals surface area contributed by atoms with Crippen LogP contribution < -0.4 is 10.6 Å². The highest BCUT2D eigenvalue weighted by atomic mass is 35.5. The van der Waals surface area contributed by atoms with Crippen molar-refractivity contribution in [3.05, 3.63) is 53.3 Å². The molecule has 0 aliphatic carbocycles. The zero-order valence-electron chi connectivity index (χ0n) is 15.0. The number of aromatic nitrogens is 2. The number of carbonyl (C=O) groups excluding carboxylic acids is 1. The fraction of sp³-hybridized carbons (Fsp3) is 0.444. The van der Waals surface area contributed by atoms with Gasteiger partial charge in [0.1, 0.15) is 6.04 Å². The lowest BCUT2D eigenvalue weighted by Gasteiger charge is -2.19. The minimum absolute atomic E-state index is 0. The Balaban J connectivity index is 0.00000288. The zero-order chi connectivity index (χ0) is 17.0. The molecule has 0 bridgehead atoms. The van der Waals surface area contributed by atoms with Gasteiger partial charge in [0.25, 0.3) is 0 Å². The average molecular weight is 351 g/mol. The van der Waals surface area contributed by atoms with Crippen molar-refractivity contribution in [3.63, 3.8) is 0 Å². The molecule has 0 spiro atoms. The molecule has 5 nitrogen and oxygen atoms in total. The van der Waals surface area contributed by atoms with Crippen molar-refractivity contribution >= 4 is 18.3 Å². The maximum Gasteiger partial charge on any atom is 0.242 e. The molecule has 0 saturated heterocycles. The van der Waals surface area contributed by atoms with Crippen LogP contribution in [0.4, 0.5) is 0 Å². The molecule has 2 N–H and O–H groups in total. The maximum absolute atomic E-state index is 12.4. The summed E-state index contributed by atoms with van der Waals surface area (Å²) in [4.78, 5) is 12.4. The van der Waals surface area contributed by atoms with E-state index in [0.717, 1.165) is 11.1 Å². The molecule has 1 unspecified atom stereocenters. The van der Waals surface area contributed by atoms with Crippen LogP contribution in [0.25, 0.3) is 0 Å². The monoisotopic (exact) mass is 350 g/mol. The van der Waals surface area contributed by atoms with Crippen LogP contribution in [-0.4, -0.2) is 22.7 Å². The van der Waals surface area contributed by atoms with E-state index in [1.807, 2.05) is 13.2 Å². The van der Waals surface area contributed by atoms with E-state index in [1.54, 1.807) is 17.9 Å². The first kappa shape index (κ1) is 20.2. The van der Waals surface area contributed by atoms with E-state index in [0.29, 0.717) is 6.54 Å². The Kier molecular flexibility index (Phi) is 6.99. The van der Waals surface area contributed by atoms with Crippen molar-refractivity contribution in [2.75, 3.05) is 7.05 Å². The van der Waals surface area contributed by atoms with E-state index >= 15 is 0 Å². The van der Waals surface area contributed by atoms with Gasteiger partial charge in [-0.25, -0.2) is 0 Å². The van der Waals surface area contributed by atoms with Crippen LogP contribution >= 0.6 is 12.4 Å². The van der Waals surface area contributed by atoms with Gasteiger partial charge in [-0.2, -0.15) is 5.10 Å². The summed E-state index contributed by atoms with van der Waals surface area (Å²) in [5, 5.41) is 10.1. The van der Waals surface area contributed by atoms with Crippen LogP contribution in [0.1, 0.15) is 43.5 Å². The number of nitrogens with zero attached hydrogens (tertiary/aromatic N) is 2. The number of hydrogen-bond donors (Lipinski definition) is 2. The number of likely N-dealkylation sites (N-methyl/N-ethyl adjacent to an activating group) is 1. The highest BCUT2D eigenvalue weighted by molar-refractivity contribution is 5.85. The van der Waals surface area contributed by atoms with E-state index in [2.05, 4.69) is 60.8 Å². The van der Waals surface area contributed by atoms with Crippen LogP contribution in [0.2, 0.25) is 0 Å². The predicted molar refractivity (Wildman–Crippen MR) is 99.2 cm³/mol. The van der Waals surface area contributed by atoms with Gasteiger partial charge in [0.05, 0.1) is 6.20 Å². The Morgan fingerprint density at radius 3 is 2.33 bits per heavy atom. The Bertz CT molecular complexity index is 658. The largest absolute Gasteiger partial charge is 0.350 e. The third-order valence-electron chi connectivity index (χ3n) is 3.90. The van der Waals surface area contributed by atoms with Crippen molar-refractivity contribution in [2.45, 2.75) is 38.8 Å². The van der Waals surface area contributed by atoms with E-state index in [9.17, 15) is 4.79 Å². The average Bonchev–Trinajstić information content (AvgIpc) is 2.91. The number of amides is 1. The molecule has 132 valence electrons. The van der Waals surface area contributed by atoms with E-state index in [-0.39, 0.29) is 23.7 Å². The summed E-state index contributed by atoms with van der Waals surface area (Å²) in [6.07, 6.45) is 3.55. The quantitative estimate of drug-likeness (QED) is 0.871. The highest BCUT2D eigenvalue weighted by Gasteiger charge is 2.19. The van der Waals surface area contributed by atoms with Crippen molar-refractivity contribution < 1.29 is 4.79 Å². The lowest BCUT2D eigenvalue weighted by Crippen LogP contribution is -2.35. The second-order valence-corrected chi connectivity index (χ2v) is 6.83. The van der Waals surface area contributed by atoms with Gasteiger partial charge in [-0.15, -0.1) is 12.4 Å². The van der Waals surface area contributed by atoms with Crippen LogP contribution in [-0.2, 0) is 23.8 Å². The van der Waals surface area contributed by atoms with E-state index in [1.165, 1.54) is 5.56 Å². The third kappa shape index (κ3) is 5.08. The van der Waals surface area contributed by atoms with Gasteiger partial charge in [-0.3, -0.25) is 9.48 Å². The molecule has 2 aromatic rings. The normalized spacial score (nSPS) is 12.4. The fourth-order valence-corrected chi connectivity index (χ4v) is 2.45. The molecule has 2 rings (SSSR count). The zero-order valence-corrected chi connectivity index (χ0v) is 15.8. The SMILES string of the molecule is CNC(C(=O)NCc1ccc(C(C)(C)C)cc1)c1cnn(C)c1.Cl. The summed E-state index contributed by atoms with van der Waals surface area (Å²) in [7, 11) is 3.61. The number of halogens is 1. The van der Waals surface area contributed by atoms with Gasteiger partial charge in [-0.1, -0.05) is 45.0 Å². The van der Waals surface area contributed by atoms with Crippen molar-refractivity contribution in [2.24, 2.45) is 7.05 Å². The van der Waals surface area contributed by atoms with Crippen LogP contribution in [0.3, 0.4) is 0 Å². The third-order valence-corrected chi connectivity index (χ3v) is 3.90. The van der Waals surface area contributed by atoms with Crippen molar-refractivity contribution in [3.8, 4) is 0 Å². The molecule has 0 aliphatic heterocycles. The number of hydrogen-bond acceptors (Lipinski definition) is 3. The van der Waals surface area contributed by atoms with Gasteiger partial charge in [0.2, 0.25) is 5.91 Å². The molecule has 1 atom stereocenters. The topological polar surface area (TPSA) is 59.0 Å². The van der Waals surface area contributed by atoms with E-state index in [4.69, 9.17) is 0 Å². The molecule has 1 aromatic carbocycles. The molecule has 0 radical (unpaired) electrons. The summed E-state index contributed by atoms with van der Waals surface area (Å²) in [6, 6.07) is 7.99. The minimum Gasteiger partial charge on any atom is -0.350 e. The summed E-state index contributed by atoms with van der Waals surface area (Å²) in [5.41, 5.74) is 3.37. The molecule has 6 heteroatoms. The molecule has 0 aliphatic rings. The Morgan fingerprint density at radius 2 is 1.88 bits per heavy atom. The van der Waals surface area contributed by atoms with Gasteiger partial charge in [0.15, 0.2) is 0 Å². The van der Waals surface area contributed by atoms with Gasteiger partial charge in [-0.05, 0) is 23.6 Å². The Labute approximate surface area is 150 Å². The highest BCUT2D eigenvalue weighted by Crippen LogP contribution is 2.22. The number of rotatable bonds is 5. The minimum atomic E-state index is -0.391. The van der Waals surface area contributed by atoms with Gasteiger partial charge < -0.3 is 10.6 Å². The van der Waals surface area contributed by atoms with E-state index < -0.39 is 6.04 Å². The van der Waals surface area contributed by atoms with Gasteiger partial charge in [0, 0.05) is 25.4 Å². The smallest absolute Gasteiger partial charge is 0.242 e. The fourth-order valence-electron chi connectivity index (χ4n) is 2.45. The van der Waals surface area contributed by atoms with Crippen molar-refractivity contribution in [1.82, 2.24) is 20.4 Å². The van der Waals surface area contributed by atoms with Crippen molar-refractivity contribution in [1.29, 1.82) is 0 Å². The molecular formula is C18H27ClN4O.